The number of anilines is 2. The van der Waals surface area contributed by atoms with Crippen LogP contribution in [-0.2, 0) is 6.54 Å². The van der Waals surface area contributed by atoms with Gasteiger partial charge >= 0.3 is 5.97 Å². The number of nitrogens with two attached hydrogens (primary N) is 1. The van der Waals surface area contributed by atoms with Gasteiger partial charge in [0, 0.05) is 31.2 Å². The van der Waals surface area contributed by atoms with Crippen molar-refractivity contribution < 1.29 is 9.90 Å². The number of carboxylic acids is 1. The molecule has 0 atom stereocenters. The fourth-order valence-electron chi connectivity index (χ4n) is 2.16. The molecular weight excluding hydrogens is 290 g/mol. The zero-order valence-corrected chi connectivity index (χ0v) is 12.3. The molecule has 1 heterocycles. The molecule has 1 aromatic carbocycles. The zero-order chi connectivity index (χ0) is 15.4. The van der Waals surface area contributed by atoms with E-state index in [2.05, 4.69) is 4.98 Å². The summed E-state index contributed by atoms with van der Waals surface area (Å²) in [4.78, 5) is 17.3. The maximum Gasteiger partial charge on any atom is 0.337 e. The Labute approximate surface area is 128 Å². The van der Waals surface area contributed by atoms with E-state index in [1.165, 1.54) is 6.07 Å². The van der Waals surface area contributed by atoms with E-state index in [1.807, 2.05) is 24.0 Å². The van der Waals surface area contributed by atoms with Crippen LogP contribution >= 0.6 is 11.6 Å². The third-order valence-corrected chi connectivity index (χ3v) is 3.42. The van der Waals surface area contributed by atoms with Crippen LogP contribution in [-0.4, -0.2) is 22.6 Å². The van der Waals surface area contributed by atoms with Crippen molar-refractivity contribution in [3.8, 4) is 0 Å². The van der Waals surface area contributed by atoms with Crippen molar-refractivity contribution in [3.63, 3.8) is 0 Å². The lowest BCUT2D eigenvalue weighted by Gasteiger charge is -2.26. The molecule has 0 spiro atoms. The first kappa shape index (κ1) is 15.1. The first-order valence-electron chi connectivity index (χ1n) is 6.49. The summed E-state index contributed by atoms with van der Waals surface area (Å²) in [5.41, 5.74) is 7.64. The predicted molar refractivity (Wildman–Crippen MR) is 83.8 cm³/mol. The summed E-state index contributed by atoms with van der Waals surface area (Å²) in [5.74, 6) is -1.05. The number of rotatable bonds is 5. The van der Waals surface area contributed by atoms with E-state index in [0.29, 0.717) is 29.5 Å². The van der Waals surface area contributed by atoms with Gasteiger partial charge in [-0.2, -0.15) is 0 Å². The standard InChI is InChI=1S/C15H16ClN3O2/c1-2-19(9-10-3-5-18-6-4-10)14-12(15(20)21)7-11(17)8-13(14)16/h3-8H,2,9,17H2,1H3,(H,20,21). The molecule has 21 heavy (non-hydrogen) atoms. The van der Waals surface area contributed by atoms with Gasteiger partial charge in [-0.3, -0.25) is 4.98 Å². The summed E-state index contributed by atoms with van der Waals surface area (Å²) in [6, 6.07) is 6.76. The first-order chi connectivity index (χ1) is 10.0. The number of carboxylic acid groups (broad SMARTS) is 1. The molecule has 6 heteroatoms. The molecule has 3 N–H and O–H groups in total. The average molecular weight is 306 g/mol. The summed E-state index contributed by atoms with van der Waals surface area (Å²) in [5, 5.41) is 9.71. The van der Waals surface area contributed by atoms with E-state index in [4.69, 9.17) is 17.3 Å². The number of aromatic nitrogens is 1. The Morgan fingerprint density at radius 2 is 2.05 bits per heavy atom. The molecule has 0 aliphatic heterocycles. The molecule has 0 saturated heterocycles. The number of pyridine rings is 1. The number of hydrogen-bond acceptors (Lipinski definition) is 4. The maximum atomic E-state index is 11.4. The molecule has 0 aliphatic carbocycles. The molecule has 2 rings (SSSR count). The number of benzene rings is 1. The van der Waals surface area contributed by atoms with Gasteiger partial charge in [0.25, 0.3) is 0 Å². The van der Waals surface area contributed by atoms with Crippen LogP contribution in [0.3, 0.4) is 0 Å². The molecule has 0 fully saturated rings. The Morgan fingerprint density at radius 1 is 1.38 bits per heavy atom. The second kappa shape index (κ2) is 6.45. The van der Waals surface area contributed by atoms with Gasteiger partial charge in [0.1, 0.15) is 0 Å². The molecule has 0 amide bonds. The van der Waals surface area contributed by atoms with Crippen LogP contribution in [0.5, 0.6) is 0 Å². The zero-order valence-electron chi connectivity index (χ0n) is 11.6. The number of halogens is 1. The fraction of sp³-hybridized carbons (Fsp3) is 0.200. The van der Waals surface area contributed by atoms with Gasteiger partial charge in [0.15, 0.2) is 0 Å². The summed E-state index contributed by atoms with van der Waals surface area (Å²) in [6.45, 7) is 3.11. The van der Waals surface area contributed by atoms with Crippen molar-refractivity contribution >= 4 is 28.9 Å². The SMILES string of the molecule is CCN(Cc1ccncc1)c1c(Cl)cc(N)cc1C(=O)O. The van der Waals surface area contributed by atoms with Crippen LogP contribution in [0.25, 0.3) is 0 Å². The summed E-state index contributed by atoms with van der Waals surface area (Å²) >= 11 is 6.22. The number of carbonyl (C=O) groups is 1. The maximum absolute atomic E-state index is 11.4. The Kier molecular flexibility index (Phi) is 4.65. The second-order valence-corrected chi connectivity index (χ2v) is 4.98. The van der Waals surface area contributed by atoms with Crippen LogP contribution in [0.1, 0.15) is 22.8 Å². The van der Waals surface area contributed by atoms with E-state index >= 15 is 0 Å². The highest BCUT2D eigenvalue weighted by Gasteiger charge is 2.19. The molecule has 5 nitrogen and oxygen atoms in total. The van der Waals surface area contributed by atoms with Gasteiger partial charge in [-0.05, 0) is 36.8 Å². The van der Waals surface area contributed by atoms with Gasteiger partial charge in [-0.1, -0.05) is 11.6 Å². The van der Waals surface area contributed by atoms with Crippen LogP contribution in [0.15, 0.2) is 36.7 Å². The number of nitrogens with zero attached hydrogens (tertiary/aromatic N) is 2. The molecule has 0 saturated carbocycles. The van der Waals surface area contributed by atoms with Crippen molar-refractivity contribution in [1.29, 1.82) is 0 Å². The fourth-order valence-corrected chi connectivity index (χ4v) is 2.51. The number of nitrogen functional groups attached to an aromatic ring is 1. The summed E-state index contributed by atoms with van der Waals surface area (Å²) < 4.78 is 0. The minimum absolute atomic E-state index is 0.107. The van der Waals surface area contributed by atoms with Gasteiger partial charge in [0.2, 0.25) is 0 Å². The lowest BCUT2D eigenvalue weighted by molar-refractivity contribution is 0.0697. The molecular formula is C15H16ClN3O2. The van der Waals surface area contributed by atoms with Crippen LogP contribution in [0, 0.1) is 0 Å². The minimum Gasteiger partial charge on any atom is -0.478 e. The predicted octanol–water partition coefficient (Wildman–Crippen LogP) is 3.04. The quantitative estimate of drug-likeness (QED) is 0.830. The van der Waals surface area contributed by atoms with E-state index in [9.17, 15) is 9.90 Å². The monoisotopic (exact) mass is 305 g/mol. The number of hydrogen-bond donors (Lipinski definition) is 2. The largest absolute Gasteiger partial charge is 0.478 e. The smallest absolute Gasteiger partial charge is 0.337 e. The summed E-state index contributed by atoms with van der Waals surface area (Å²) in [7, 11) is 0. The van der Waals surface area contributed by atoms with Crippen molar-refractivity contribution in [3.05, 3.63) is 52.8 Å². The lowest BCUT2D eigenvalue weighted by Crippen LogP contribution is -2.25. The highest BCUT2D eigenvalue weighted by Crippen LogP contribution is 2.33. The van der Waals surface area contributed by atoms with Crippen molar-refractivity contribution in [2.45, 2.75) is 13.5 Å². The first-order valence-corrected chi connectivity index (χ1v) is 6.87. The molecule has 2 aromatic rings. The van der Waals surface area contributed by atoms with Crippen LogP contribution in [0.4, 0.5) is 11.4 Å². The molecule has 0 bridgehead atoms. The van der Waals surface area contributed by atoms with Gasteiger partial charge < -0.3 is 15.7 Å². The van der Waals surface area contributed by atoms with Crippen LogP contribution in [0.2, 0.25) is 5.02 Å². The Morgan fingerprint density at radius 3 is 2.62 bits per heavy atom. The lowest BCUT2D eigenvalue weighted by atomic mass is 10.1. The van der Waals surface area contributed by atoms with E-state index < -0.39 is 5.97 Å². The highest BCUT2D eigenvalue weighted by molar-refractivity contribution is 6.34. The van der Waals surface area contributed by atoms with E-state index in [-0.39, 0.29) is 5.56 Å². The Hall–Kier alpha value is -2.27. The van der Waals surface area contributed by atoms with Gasteiger partial charge in [-0.25, -0.2) is 4.79 Å². The molecule has 0 aliphatic rings. The summed E-state index contributed by atoms with van der Waals surface area (Å²) in [6.07, 6.45) is 3.40. The molecule has 0 radical (unpaired) electrons. The van der Waals surface area contributed by atoms with Crippen LogP contribution < -0.4 is 10.6 Å². The molecule has 1 aromatic heterocycles. The molecule has 110 valence electrons. The van der Waals surface area contributed by atoms with E-state index in [0.717, 1.165) is 5.56 Å². The average Bonchev–Trinajstić information content (AvgIpc) is 2.45. The number of aromatic carboxylic acids is 1. The van der Waals surface area contributed by atoms with Gasteiger partial charge in [-0.15, -0.1) is 0 Å². The Balaban J connectivity index is 2.44. The minimum atomic E-state index is -1.05. The highest BCUT2D eigenvalue weighted by atomic mass is 35.5. The molecule has 0 unspecified atom stereocenters. The van der Waals surface area contributed by atoms with Crippen molar-refractivity contribution in [1.82, 2.24) is 4.98 Å². The third-order valence-electron chi connectivity index (χ3n) is 3.14. The normalized spacial score (nSPS) is 10.4. The Bertz CT molecular complexity index is 647. The van der Waals surface area contributed by atoms with Crippen molar-refractivity contribution in [2.75, 3.05) is 17.2 Å². The second-order valence-electron chi connectivity index (χ2n) is 4.57. The van der Waals surface area contributed by atoms with Gasteiger partial charge in [0.05, 0.1) is 16.3 Å². The van der Waals surface area contributed by atoms with E-state index in [1.54, 1.807) is 18.5 Å². The third kappa shape index (κ3) is 3.44. The van der Waals surface area contributed by atoms with Crippen molar-refractivity contribution in [2.24, 2.45) is 0 Å². The topological polar surface area (TPSA) is 79.5 Å².